The van der Waals surface area contributed by atoms with Gasteiger partial charge in [0.05, 0.1) is 12.6 Å². The number of amides is 1. The standard InChI is InChI=1S/C24H25BrN2O/c1-26(17-19-13-15-22(25)16-14-19)18-23(28)27(2)24(20-9-5-3-6-10-20)21-11-7-4-8-12-21/h3-16,24H,17-18H2,1-2H3. The van der Waals surface area contributed by atoms with Crippen LogP contribution in [-0.4, -0.2) is 36.3 Å². The fraction of sp³-hybridized carbons (Fsp3) is 0.208. The van der Waals surface area contributed by atoms with Crippen LogP contribution < -0.4 is 0 Å². The number of nitrogens with zero attached hydrogens (tertiary/aromatic N) is 2. The summed E-state index contributed by atoms with van der Waals surface area (Å²) in [6.45, 7) is 1.09. The van der Waals surface area contributed by atoms with E-state index in [0.717, 1.165) is 22.1 Å². The molecule has 0 aliphatic rings. The number of likely N-dealkylation sites (N-methyl/N-ethyl adjacent to an activating group) is 2. The first-order valence-corrected chi connectivity index (χ1v) is 10.1. The van der Waals surface area contributed by atoms with Crippen molar-refractivity contribution in [2.45, 2.75) is 12.6 Å². The minimum absolute atomic E-state index is 0.0947. The molecular formula is C24H25BrN2O. The topological polar surface area (TPSA) is 23.6 Å². The molecule has 0 aliphatic carbocycles. The summed E-state index contributed by atoms with van der Waals surface area (Å²) in [6.07, 6.45) is 0. The minimum atomic E-state index is -0.101. The molecule has 4 heteroatoms. The first kappa shape index (κ1) is 20.3. The van der Waals surface area contributed by atoms with Crippen LogP contribution >= 0.6 is 15.9 Å². The zero-order chi connectivity index (χ0) is 19.9. The van der Waals surface area contributed by atoms with Gasteiger partial charge in [0.15, 0.2) is 0 Å². The molecule has 3 aromatic rings. The predicted molar refractivity (Wildman–Crippen MR) is 118 cm³/mol. The van der Waals surface area contributed by atoms with Crippen LogP contribution in [0.4, 0.5) is 0 Å². The molecule has 0 radical (unpaired) electrons. The van der Waals surface area contributed by atoms with Crippen LogP contribution in [0.1, 0.15) is 22.7 Å². The molecule has 0 N–H and O–H groups in total. The molecule has 0 unspecified atom stereocenters. The van der Waals surface area contributed by atoms with E-state index in [9.17, 15) is 4.79 Å². The van der Waals surface area contributed by atoms with E-state index in [0.29, 0.717) is 6.54 Å². The average Bonchev–Trinajstić information content (AvgIpc) is 2.71. The van der Waals surface area contributed by atoms with Crippen molar-refractivity contribution < 1.29 is 4.79 Å². The summed E-state index contributed by atoms with van der Waals surface area (Å²) in [5.74, 6) is 0.0947. The quantitative estimate of drug-likeness (QED) is 0.512. The highest BCUT2D eigenvalue weighted by Gasteiger charge is 2.24. The van der Waals surface area contributed by atoms with Gasteiger partial charge in [-0.2, -0.15) is 0 Å². The maximum Gasteiger partial charge on any atom is 0.237 e. The average molecular weight is 437 g/mol. The molecule has 0 spiro atoms. The van der Waals surface area contributed by atoms with E-state index in [1.54, 1.807) is 0 Å². The van der Waals surface area contributed by atoms with Crippen LogP contribution in [0.3, 0.4) is 0 Å². The number of carbonyl (C=O) groups excluding carboxylic acids is 1. The Kier molecular flexibility index (Phi) is 7.01. The van der Waals surface area contributed by atoms with Crippen molar-refractivity contribution in [2.75, 3.05) is 20.6 Å². The number of carbonyl (C=O) groups is 1. The highest BCUT2D eigenvalue weighted by atomic mass is 79.9. The summed E-state index contributed by atoms with van der Waals surface area (Å²) in [5.41, 5.74) is 3.41. The van der Waals surface area contributed by atoms with Crippen LogP contribution in [0.15, 0.2) is 89.4 Å². The smallest absolute Gasteiger partial charge is 0.237 e. The molecule has 0 fully saturated rings. The van der Waals surface area contributed by atoms with Crippen molar-refractivity contribution in [3.63, 3.8) is 0 Å². The van der Waals surface area contributed by atoms with Crippen LogP contribution in [-0.2, 0) is 11.3 Å². The number of rotatable bonds is 7. The van der Waals surface area contributed by atoms with Crippen LogP contribution in [0, 0.1) is 0 Å². The lowest BCUT2D eigenvalue weighted by Gasteiger charge is -2.30. The zero-order valence-corrected chi connectivity index (χ0v) is 17.8. The van der Waals surface area contributed by atoms with Gasteiger partial charge >= 0.3 is 0 Å². The Hall–Kier alpha value is -2.43. The van der Waals surface area contributed by atoms with Gasteiger partial charge in [-0.1, -0.05) is 88.7 Å². The van der Waals surface area contributed by atoms with E-state index in [1.807, 2.05) is 67.5 Å². The zero-order valence-electron chi connectivity index (χ0n) is 16.3. The lowest BCUT2D eigenvalue weighted by Crippen LogP contribution is -2.39. The van der Waals surface area contributed by atoms with Crippen LogP contribution in [0.5, 0.6) is 0 Å². The monoisotopic (exact) mass is 436 g/mol. The Morgan fingerprint density at radius 3 is 1.82 bits per heavy atom. The van der Waals surface area contributed by atoms with E-state index >= 15 is 0 Å². The molecule has 0 aromatic heterocycles. The summed E-state index contributed by atoms with van der Waals surface area (Å²) in [5, 5.41) is 0. The van der Waals surface area contributed by atoms with E-state index in [4.69, 9.17) is 0 Å². The van der Waals surface area contributed by atoms with Gasteiger partial charge in [-0.05, 0) is 35.9 Å². The Morgan fingerprint density at radius 1 is 0.821 bits per heavy atom. The minimum Gasteiger partial charge on any atom is -0.334 e. The lowest BCUT2D eigenvalue weighted by molar-refractivity contribution is -0.132. The van der Waals surface area contributed by atoms with Gasteiger partial charge in [0, 0.05) is 18.1 Å². The van der Waals surface area contributed by atoms with Gasteiger partial charge in [-0.15, -0.1) is 0 Å². The number of halogens is 1. The third-order valence-electron chi connectivity index (χ3n) is 4.78. The molecule has 0 atom stereocenters. The summed E-state index contributed by atoms with van der Waals surface area (Å²) in [6, 6.07) is 28.5. The van der Waals surface area contributed by atoms with E-state index in [-0.39, 0.29) is 11.9 Å². The molecule has 0 heterocycles. The lowest BCUT2D eigenvalue weighted by atomic mass is 9.97. The van der Waals surface area contributed by atoms with E-state index < -0.39 is 0 Å². The second kappa shape index (κ2) is 9.67. The Labute approximate surface area is 175 Å². The first-order valence-electron chi connectivity index (χ1n) is 9.33. The Bertz CT molecular complexity index is 842. The van der Waals surface area contributed by atoms with Crippen molar-refractivity contribution in [2.24, 2.45) is 0 Å². The number of benzene rings is 3. The molecule has 3 aromatic carbocycles. The van der Waals surface area contributed by atoms with Gasteiger partial charge in [0.2, 0.25) is 5.91 Å². The third-order valence-corrected chi connectivity index (χ3v) is 5.31. The largest absolute Gasteiger partial charge is 0.334 e. The van der Waals surface area contributed by atoms with Gasteiger partial charge in [-0.25, -0.2) is 0 Å². The summed E-state index contributed by atoms with van der Waals surface area (Å²) in [7, 11) is 3.87. The Balaban J connectivity index is 1.74. The van der Waals surface area contributed by atoms with Crippen molar-refractivity contribution in [3.8, 4) is 0 Å². The van der Waals surface area contributed by atoms with Crippen molar-refractivity contribution >= 4 is 21.8 Å². The van der Waals surface area contributed by atoms with Crippen molar-refractivity contribution in [3.05, 3.63) is 106 Å². The molecule has 1 amide bonds. The summed E-state index contributed by atoms with van der Waals surface area (Å²) in [4.78, 5) is 17.0. The predicted octanol–water partition coefficient (Wildman–Crippen LogP) is 5.13. The fourth-order valence-corrected chi connectivity index (χ4v) is 3.62. The van der Waals surface area contributed by atoms with Crippen LogP contribution in [0.2, 0.25) is 0 Å². The number of hydrogen-bond acceptors (Lipinski definition) is 2. The second-order valence-corrected chi connectivity index (χ2v) is 7.94. The molecule has 0 saturated carbocycles. The van der Waals surface area contributed by atoms with Gasteiger partial charge in [0.1, 0.15) is 0 Å². The summed E-state index contributed by atoms with van der Waals surface area (Å²) < 4.78 is 1.06. The molecule has 3 nitrogen and oxygen atoms in total. The maximum atomic E-state index is 13.1. The second-order valence-electron chi connectivity index (χ2n) is 7.03. The third kappa shape index (κ3) is 5.31. The van der Waals surface area contributed by atoms with Crippen LogP contribution in [0.25, 0.3) is 0 Å². The Morgan fingerprint density at radius 2 is 1.32 bits per heavy atom. The normalized spacial score (nSPS) is 11.0. The molecule has 3 rings (SSSR count). The molecule has 144 valence electrons. The first-order chi connectivity index (χ1) is 13.5. The van der Waals surface area contributed by atoms with Crippen molar-refractivity contribution in [1.29, 1.82) is 0 Å². The molecule has 0 saturated heterocycles. The highest BCUT2D eigenvalue weighted by Crippen LogP contribution is 2.27. The molecular weight excluding hydrogens is 412 g/mol. The van der Waals surface area contributed by atoms with Gasteiger partial charge < -0.3 is 4.90 Å². The van der Waals surface area contributed by atoms with Gasteiger partial charge in [0.25, 0.3) is 0 Å². The highest BCUT2D eigenvalue weighted by molar-refractivity contribution is 9.10. The van der Waals surface area contributed by atoms with E-state index in [1.165, 1.54) is 5.56 Å². The molecule has 0 aliphatic heterocycles. The fourth-order valence-electron chi connectivity index (χ4n) is 3.35. The number of hydrogen-bond donors (Lipinski definition) is 0. The SMILES string of the molecule is CN(CC(=O)N(C)C(c1ccccc1)c1ccccc1)Cc1ccc(Br)cc1. The molecule has 0 bridgehead atoms. The maximum absolute atomic E-state index is 13.1. The summed E-state index contributed by atoms with van der Waals surface area (Å²) >= 11 is 3.46. The van der Waals surface area contributed by atoms with Gasteiger partial charge in [-0.3, -0.25) is 9.69 Å². The van der Waals surface area contributed by atoms with Crippen molar-refractivity contribution in [1.82, 2.24) is 9.80 Å². The molecule has 28 heavy (non-hydrogen) atoms. The van der Waals surface area contributed by atoms with E-state index in [2.05, 4.69) is 57.2 Å².